The van der Waals surface area contributed by atoms with Crippen molar-refractivity contribution in [1.29, 1.82) is 0 Å². The molecule has 6 aromatic carbocycles. The highest BCUT2D eigenvalue weighted by atomic mass is 16.5. The molecule has 3 aliphatic heterocycles. The second kappa shape index (κ2) is 29.5. The fourth-order valence-corrected chi connectivity index (χ4v) is 14.4. The average Bonchev–Trinajstić information content (AvgIpc) is 0.827. The van der Waals surface area contributed by atoms with Crippen LogP contribution in [-0.2, 0) is 90.3 Å². The lowest BCUT2D eigenvalue weighted by molar-refractivity contribution is 0.228. The SMILES string of the molecule is COc1c2cc(C(C)(C)C)cc1Cc1cc(C(C)(C)C)cc3c1CCNC(=O)NCCN1CCNC(=O)NCCc4c(cc(C(C)(C)C)cc4Cc4cc(C(C)(C)C)cc(c4OC)Cc4cc(C(C)(C)C)cc(c4CCNC(=O)NCC1)Cc1cc(C(C)(C)C)cc(c1OC)C3)C2. The predicted molar refractivity (Wildman–Crippen MR) is 399 cm³/mol. The van der Waals surface area contributed by atoms with Gasteiger partial charge in [0.2, 0.25) is 0 Å². The first-order valence-corrected chi connectivity index (χ1v) is 35.8. The van der Waals surface area contributed by atoms with Gasteiger partial charge in [-0.1, -0.05) is 197 Å². The largest absolute Gasteiger partial charge is 0.496 e. The topological polar surface area (TPSA) is 154 Å². The molecule has 10 rings (SSSR count). The number of carbonyl (C=O) groups is 3. The molecule has 6 N–H and O–H groups in total. The Morgan fingerprint density at radius 2 is 0.433 bits per heavy atom. The first-order valence-electron chi connectivity index (χ1n) is 35.8. The van der Waals surface area contributed by atoms with Gasteiger partial charge in [0.1, 0.15) is 17.2 Å². The van der Waals surface area contributed by atoms with E-state index in [9.17, 15) is 14.4 Å². The van der Waals surface area contributed by atoms with Crippen LogP contribution in [0.4, 0.5) is 14.4 Å². The van der Waals surface area contributed by atoms with Crippen molar-refractivity contribution in [1.82, 2.24) is 36.8 Å². The van der Waals surface area contributed by atoms with Crippen LogP contribution in [0.15, 0.2) is 72.8 Å². The van der Waals surface area contributed by atoms with E-state index in [4.69, 9.17) is 14.2 Å². The molecule has 0 saturated heterocycles. The van der Waals surface area contributed by atoms with E-state index in [1.807, 2.05) is 21.3 Å². The number of carbonyl (C=O) groups excluding carboxylic acids is 3. The zero-order chi connectivity index (χ0) is 70.7. The maximum absolute atomic E-state index is 14.1. The summed E-state index contributed by atoms with van der Waals surface area (Å²) in [6.07, 6.45) is 5.18. The highest BCUT2D eigenvalue weighted by Crippen LogP contribution is 2.44. The molecule has 13 heteroatoms. The molecule has 6 amide bonds. The van der Waals surface area contributed by atoms with Crippen LogP contribution in [0, 0.1) is 0 Å². The fraction of sp³-hybridized carbons (Fsp3) is 0.536. The molecule has 13 nitrogen and oxygen atoms in total. The lowest BCUT2D eigenvalue weighted by atomic mass is 9.77. The Morgan fingerprint density at radius 3 is 0.598 bits per heavy atom. The highest BCUT2D eigenvalue weighted by molar-refractivity contribution is 5.75. The first kappa shape index (κ1) is 73.7. The molecule has 6 aromatic rings. The maximum Gasteiger partial charge on any atom is 0.314 e. The van der Waals surface area contributed by atoms with Crippen LogP contribution < -0.4 is 46.1 Å². The molecule has 97 heavy (non-hydrogen) atoms. The van der Waals surface area contributed by atoms with Crippen molar-refractivity contribution in [3.63, 3.8) is 0 Å². The Labute approximate surface area is 582 Å². The Hall–Kier alpha value is -7.51. The minimum atomic E-state index is -0.259. The Bertz CT molecular complexity index is 3330. The second-order valence-electron chi connectivity index (χ2n) is 34.0. The van der Waals surface area contributed by atoms with Crippen LogP contribution in [0.25, 0.3) is 0 Å². The smallest absolute Gasteiger partial charge is 0.314 e. The molecule has 0 fully saturated rings. The molecular weight excluding hydrogens is 1200 g/mol. The number of rotatable bonds is 3. The van der Waals surface area contributed by atoms with Gasteiger partial charge in [0.15, 0.2) is 0 Å². The van der Waals surface area contributed by atoms with Crippen LogP contribution in [0.3, 0.4) is 0 Å². The number of fused-ring (bicyclic) bond motifs is 18. The van der Waals surface area contributed by atoms with Crippen molar-refractivity contribution in [2.24, 2.45) is 0 Å². The highest BCUT2D eigenvalue weighted by Gasteiger charge is 2.31. The number of benzene rings is 6. The van der Waals surface area contributed by atoms with Crippen LogP contribution in [0.1, 0.15) is 241 Å². The summed E-state index contributed by atoms with van der Waals surface area (Å²) in [5, 5.41) is 19.3. The normalized spacial score (nSPS) is 16.5. The number of hydrogen-bond acceptors (Lipinski definition) is 7. The Balaban J connectivity index is 1.47. The molecule has 4 aliphatic rings. The fourth-order valence-electron chi connectivity index (χ4n) is 14.4. The van der Waals surface area contributed by atoms with Gasteiger partial charge in [-0.25, -0.2) is 14.4 Å². The van der Waals surface area contributed by atoms with E-state index in [0.29, 0.717) is 117 Å². The van der Waals surface area contributed by atoms with Crippen molar-refractivity contribution in [2.45, 2.75) is 215 Å². The summed E-state index contributed by atoms with van der Waals surface area (Å²) >= 11 is 0. The number of methoxy groups -OCH3 is 3. The minimum Gasteiger partial charge on any atom is -0.496 e. The van der Waals surface area contributed by atoms with Crippen LogP contribution in [-0.4, -0.2) is 103 Å². The van der Waals surface area contributed by atoms with E-state index in [1.165, 1.54) is 83.5 Å². The van der Waals surface area contributed by atoms with Crippen LogP contribution >= 0.6 is 0 Å². The van der Waals surface area contributed by atoms with E-state index >= 15 is 0 Å². The zero-order valence-corrected chi connectivity index (χ0v) is 63.1. The van der Waals surface area contributed by atoms with E-state index in [1.54, 1.807) is 0 Å². The zero-order valence-electron chi connectivity index (χ0n) is 63.1. The van der Waals surface area contributed by atoms with Crippen LogP contribution in [0.2, 0.25) is 0 Å². The number of hydrogen-bond donors (Lipinski definition) is 6. The minimum absolute atomic E-state index is 0.231. The van der Waals surface area contributed by atoms with Crippen LogP contribution in [0.5, 0.6) is 17.2 Å². The molecular formula is C84H117N7O6. The quantitative estimate of drug-likeness (QED) is 0.103. The summed E-state index contributed by atoms with van der Waals surface area (Å²) in [6.45, 7) is 45.1. The molecule has 0 radical (unpaired) electrons. The molecule has 1 aliphatic carbocycles. The van der Waals surface area contributed by atoms with Crippen molar-refractivity contribution in [3.05, 3.63) is 190 Å². The third kappa shape index (κ3) is 18.2. The van der Waals surface area contributed by atoms with Crippen molar-refractivity contribution < 1.29 is 28.6 Å². The van der Waals surface area contributed by atoms with Gasteiger partial charge in [-0.15, -0.1) is 0 Å². The number of amides is 6. The first-order chi connectivity index (χ1) is 45.4. The predicted octanol–water partition coefficient (Wildman–Crippen LogP) is 15.2. The van der Waals surface area contributed by atoms with E-state index in [2.05, 4.69) is 234 Å². The van der Waals surface area contributed by atoms with Crippen molar-refractivity contribution in [2.75, 3.05) is 80.2 Å². The molecule has 16 bridgehead atoms. The molecule has 0 unspecified atom stereocenters. The molecule has 0 spiro atoms. The third-order valence-corrected chi connectivity index (χ3v) is 20.2. The van der Waals surface area contributed by atoms with Gasteiger partial charge in [-0.05, 0) is 169 Å². The molecule has 3 heterocycles. The number of nitrogens with one attached hydrogen (secondary N) is 6. The molecule has 524 valence electrons. The summed E-state index contributed by atoms with van der Waals surface area (Å²) in [4.78, 5) is 44.4. The van der Waals surface area contributed by atoms with E-state index in [0.717, 1.165) is 50.6 Å². The van der Waals surface area contributed by atoms with Crippen molar-refractivity contribution in [3.8, 4) is 17.2 Å². The molecule has 0 aromatic heterocycles. The lowest BCUT2D eigenvalue weighted by Gasteiger charge is -2.29. The van der Waals surface area contributed by atoms with Gasteiger partial charge in [-0.3, -0.25) is 4.90 Å². The Kier molecular flexibility index (Phi) is 22.4. The standard InChI is InChI=1S/C84H117N7O6/c1-79(2,3)64-40-52-34-58-46-67(82(10,11)12)48-60(73(58)95-19)36-54-42-65(80(4,5)6)44-56-38-62-50-69(84(16,17)18)51-63(75(62)97-21)39-57-45-66(81(7,8)9)43-55-37-61-49-68(83(13,14)15)47-59(74(61)96-20)35-53(41-64)70(52)22-25-85-76(92)88-28-31-91(32-29-89-77(93)86-26-23-71(54)56)33-30-90-78(94)87-27-24-72(55)57/h40-51H,22-39H2,1-21H3,(H2,85,88,92)(H2,86,89,93)(H2,87,90,94). The van der Waals surface area contributed by atoms with Gasteiger partial charge in [0.05, 0.1) is 21.3 Å². The van der Waals surface area contributed by atoms with Gasteiger partial charge < -0.3 is 46.1 Å². The third-order valence-electron chi connectivity index (χ3n) is 20.2. The number of nitrogens with zero attached hydrogens (tertiary/aromatic N) is 1. The number of ether oxygens (including phenoxy) is 3. The number of urea groups is 3. The summed E-state index contributed by atoms with van der Waals surface area (Å²) < 4.78 is 20.5. The van der Waals surface area contributed by atoms with E-state index in [-0.39, 0.29) is 50.6 Å². The summed E-state index contributed by atoms with van der Waals surface area (Å²) in [7, 11) is 5.48. The van der Waals surface area contributed by atoms with Gasteiger partial charge in [-0.2, -0.15) is 0 Å². The van der Waals surface area contributed by atoms with Gasteiger partial charge >= 0.3 is 18.1 Å². The van der Waals surface area contributed by atoms with Crippen molar-refractivity contribution >= 4 is 18.1 Å². The maximum atomic E-state index is 14.1. The Morgan fingerprint density at radius 1 is 0.268 bits per heavy atom. The lowest BCUT2D eigenvalue weighted by Crippen LogP contribution is -2.47. The van der Waals surface area contributed by atoms with E-state index < -0.39 is 0 Å². The summed E-state index contributed by atoms with van der Waals surface area (Å²) in [5.41, 5.74) is 23.3. The second-order valence-corrected chi connectivity index (χ2v) is 34.0. The molecule has 0 saturated carbocycles. The van der Waals surface area contributed by atoms with Gasteiger partial charge in [0, 0.05) is 97.4 Å². The molecule has 0 atom stereocenters. The summed E-state index contributed by atoms with van der Waals surface area (Å²) in [5.74, 6) is 2.58. The average molecular weight is 1320 g/mol. The van der Waals surface area contributed by atoms with Gasteiger partial charge in [0.25, 0.3) is 0 Å². The monoisotopic (exact) mass is 1320 g/mol. The summed E-state index contributed by atoms with van der Waals surface area (Å²) in [6, 6.07) is 28.1.